The van der Waals surface area contributed by atoms with Crippen LogP contribution in [0.4, 0.5) is 0 Å². The van der Waals surface area contributed by atoms with Crippen LogP contribution in [0.1, 0.15) is 11.1 Å². The van der Waals surface area contributed by atoms with E-state index in [4.69, 9.17) is 4.74 Å². The molecule has 14 heavy (non-hydrogen) atoms. The first-order valence-electron chi connectivity index (χ1n) is 4.73. The third-order valence-corrected chi connectivity index (χ3v) is 2.11. The summed E-state index contributed by atoms with van der Waals surface area (Å²) >= 11 is 0. The van der Waals surface area contributed by atoms with Gasteiger partial charge >= 0.3 is 0 Å². The zero-order valence-corrected chi connectivity index (χ0v) is 9.00. The highest BCUT2D eigenvalue weighted by molar-refractivity contribution is 5.56. The van der Waals surface area contributed by atoms with Gasteiger partial charge in [-0.3, -0.25) is 0 Å². The van der Waals surface area contributed by atoms with Gasteiger partial charge < -0.3 is 10.1 Å². The number of rotatable bonds is 4. The number of benzene rings is 1. The molecule has 0 bridgehead atoms. The Balaban J connectivity index is 2.83. The van der Waals surface area contributed by atoms with E-state index in [1.54, 1.807) is 7.11 Å². The summed E-state index contributed by atoms with van der Waals surface area (Å²) in [5.41, 5.74) is 2.47. The molecule has 2 heteroatoms. The van der Waals surface area contributed by atoms with Crippen molar-refractivity contribution in [1.29, 1.82) is 0 Å². The first-order chi connectivity index (χ1) is 6.77. The van der Waals surface area contributed by atoms with Gasteiger partial charge in [0.1, 0.15) is 5.75 Å². The summed E-state index contributed by atoms with van der Waals surface area (Å²) in [5, 5.41) is 3.07. The van der Waals surface area contributed by atoms with Gasteiger partial charge in [-0.2, -0.15) is 0 Å². The molecule has 0 fully saturated rings. The maximum absolute atomic E-state index is 5.17. The highest BCUT2D eigenvalue weighted by atomic mass is 16.5. The minimum absolute atomic E-state index is 0.886. The van der Waals surface area contributed by atoms with E-state index in [9.17, 15) is 0 Å². The van der Waals surface area contributed by atoms with E-state index in [0.717, 1.165) is 12.3 Å². The molecule has 0 aliphatic rings. The largest absolute Gasteiger partial charge is 0.497 e. The van der Waals surface area contributed by atoms with Crippen molar-refractivity contribution in [2.24, 2.45) is 0 Å². The molecule has 0 aromatic heterocycles. The summed E-state index contributed by atoms with van der Waals surface area (Å²) in [6.45, 7) is 2.98. The topological polar surface area (TPSA) is 21.3 Å². The number of nitrogens with one attached hydrogen (secondary N) is 1. The zero-order chi connectivity index (χ0) is 10.4. The molecule has 76 valence electrons. The van der Waals surface area contributed by atoms with Gasteiger partial charge in [-0.15, -0.1) is 0 Å². The molecule has 0 saturated carbocycles. The molecule has 0 saturated heterocycles. The van der Waals surface area contributed by atoms with Crippen LogP contribution in [0.25, 0.3) is 6.08 Å². The Kier molecular flexibility index (Phi) is 4.20. The van der Waals surface area contributed by atoms with Gasteiger partial charge in [-0.1, -0.05) is 18.2 Å². The second-order valence-electron chi connectivity index (χ2n) is 3.18. The molecule has 0 unspecified atom stereocenters. The Morgan fingerprint density at radius 2 is 2.21 bits per heavy atom. The Labute approximate surface area is 85.6 Å². The van der Waals surface area contributed by atoms with Gasteiger partial charge in [0.15, 0.2) is 0 Å². The van der Waals surface area contributed by atoms with Gasteiger partial charge in [0.05, 0.1) is 7.11 Å². The van der Waals surface area contributed by atoms with Crippen molar-refractivity contribution in [3.05, 3.63) is 35.4 Å². The van der Waals surface area contributed by atoms with Crippen LogP contribution in [0.15, 0.2) is 24.3 Å². The zero-order valence-electron chi connectivity index (χ0n) is 9.00. The summed E-state index contributed by atoms with van der Waals surface area (Å²) < 4.78 is 5.17. The maximum Gasteiger partial charge on any atom is 0.119 e. The van der Waals surface area contributed by atoms with Crippen molar-refractivity contribution in [3.8, 4) is 5.75 Å². The Morgan fingerprint density at radius 1 is 1.43 bits per heavy atom. The molecule has 1 rings (SSSR count). The SMILES string of the molecule is CNCC=Cc1cc(OC)ccc1C. The number of likely N-dealkylation sites (N-methyl/N-ethyl adjacent to an activating group) is 1. The number of methoxy groups -OCH3 is 1. The first kappa shape index (κ1) is 10.8. The molecular formula is C12H17NO. The molecule has 0 aliphatic heterocycles. The molecule has 1 N–H and O–H groups in total. The van der Waals surface area contributed by atoms with E-state index in [0.29, 0.717) is 0 Å². The third kappa shape index (κ3) is 2.89. The molecule has 0 spiro atoms. The van der Waals surface area contributed by atoms with Crippen LogP contribution in [0.5, 0.6) is 5.75 Å². The molecule has 0 amide bonds. The van der Waals surface area contributed by atoms with E-state index in [1.165, 1.54) is 11.1 Å². The fourth-order valence-electron chi connectivity index (χ4n) is 1.23. The maximum atomic E-state index is 5.17. The van der Waals surface area contributed by atoms with Crippen LogP contribution in [0.2, 0.25) is 0 Å². The van der Waals surface area contributed by atoms with E-state index in [-0.39, 0.29) is 0 Å². The van der Waals surface area contributed by atoms with E-state index < -0.39 is 0 Å². The molecule has 0 radical (unpaired) electrons. The van der Waals surface area contributed by atoms with Gasteiger partial charge in [-0.05, 0) is 37.2 Å². The third-order valence-electron chi connectivity index (χ3n) is 2.11. The second-order valence-corrected chi connectivity index (χ2v) is 3.18. The Hall–Kier alpha value is -1.28. The van der Waals surface area contributed by atoms with Crippen molar-refractivity contribution in [1.82, 2.24) is 5.32 Å². The average Bonchev–Trinajstić information content (AvgIpc) is 2.21. The molecule has 0 atom stereocenters. The molecular weight excluding hydrogens is 174 g/mol. The quantitative estimate of drug-likeness (QED) is 0.788. The minimum atomic E-state index is 0.886. The lowest BCUT2D eigenvalue weighted by Gasteiger charge is -2.04. The van der Waals surface area contributed by atoms with Gasteiger partial charge in [0.25, 0.3) is 0 Å². The number of ether oxygens (including phenoxy) is 1. The van der Waals surface area contributed by atoms with Crippen LogP contribution in [0.3, 0.4) is 0 Å². The fraction of sp³-hybridized carbons (Fsp3) is 0.333. The number of hydrogen-bond acceptors (Lipinski definition) is 2. The normalized spacial score (nSPS) is 10.8. The molecule has 0 aliphatic carbocycles. The predicted octanol–water partition coefficient (Wildman–Crippen LogP) is 2.24. The van der Waals surface area contributed by atoms with Gasteiger partial charge in [0.2, 0.25) is 0 Å². The number of hydrogen-bond donors (Lipinski definition) is 1. The van der Waals surface area contributed by atoms with E-state index >= 15 is 0 Å². The van der Waals surface area contributed by atoms with Crippen molar-refractivity contribution in [2.45, 2.75) is 6.92 Å². The first-order valence-corrected chi connectivity index (χ1v) is 4.73. The molecule has 0 heterocycles. The van der Waals surface area contributed by atoms with Crippen LogP contribution in [-0.2, 0) is 0 Å². The minimum Gasteiger partial charge on any atom is -0.497 e. The smallest absolute Gasteiger partial charge is 0.119 e. The monoisotopic (exact) mass is 191 g/mol. The lowest BCUT2D eigenvalue weighted by Crippen LogP contribution is -2.03. The predicted molar refractivity (Wildman–Crippen MR) is 60.7 cm³/mol. The standard InChI is InChI=1S/C12H17NO/c1-10-6-7-12(14-3)9-11(10)5-4-8-13-2/h4-7,9,13H,8H2,1-3H3. The summed E-state index contributed by atoms with van der Waals surface area (Å²) in [6, 6.07) is 6.09. The number of aryl methyl sites for hydroxylation is 1. The summed E-state index contributed by atoms with van der Waals surface area (Å²) in [6.07, 6.45) is 4.20. The Bertz CT molecular complexity index is 318. The summed E-state index contributed by atoms with van der Waals surface area (Å²) in [4.78, 5) is 0. The average molecular weight is 191 g/mol. The van der Waals surface area contributed by atoms with Crippen molar-refractivity contribution >= 4 is 6.08 Å². The van der Waals surface area contributed by atoms with Crippen molar-refractivity contribution in [3.63, 3.8) is 0 Å². The van der Waals surface area contributed by atoms with E-state index in [1.807, 2.05) is 19.2 Å². The lowest BCUT2D eigenvalue weighted by molar-refractivity contribution is 0.414. The highest BCUT2D eigenvalue weighted by Gasteiger charge is 1.96. The van der Waals surface area contributed by atoms with Gasteiger partial charge in [-0.25, -0.2) is 0 Å². The van der Waals surface area contributed by atoms with Crippen LogP contribution in [-0.4, -0.2) is 20.7 Å². The molecule has 1 aromatic rings. The lowest BCUT2D eigenvalue weighted by atomic mass is 10.1. The van der Waals surface area contributed by atoms with Crippen LogP contribution < -0.4 is 10.1 Å². The summed E-state index contributed by atoms with van der Waals surface area (Å²) in [7, 11) is 3.62. The highest BCUT2D eigenvalue weighted by Crippen LogP contribution is 2.17. The molecule has 2 nitrogen and oxygen atoms in total. The van der Waals surface area contributed by atoms with Crippen molar-refractivity contribution in [2.75, 3.05) is 20.7 Å². The summed E-state index contributed by atoms with van der Waals surface area (Å²) in [5.74, 6) is 0.903. The second kappa shape index (κ2) is 5.45. The van der Waals surface area contributed by atoms with Crippen LogP contribution >= 0.6 is 0 Å². The van der Waals surface area contributed by atoms with Crippen molar-refractivity contribution < 1.29 is 4.74 Å². The van der Waals surface area contributed by atoms with Gasteiger partial charge in [0, 0.05) is 6.54 Å². The Morgan fingerprint density at radius 3 is 2.86 bits per heavy atom. The molecule has 1 aromatic carbocycles. The van der Waals surface area contributed by atoms with Crippen LogP contribution in [0, 0.1) is 6.92 Å². The fourth-order valence-corrected chi connectivity index (χ4v) is 1.23. The van der Waals surface area contributed by atoms with E-state index in [2.05, 4.69) is 30.5 Å².